The molecule has 1 aliphatic rings. The average molecular weight is 362 g/mol. The summed E-state index contributed by atoms with van der Waals surface area (Å²) in [6.45, 7) is 2.17. The summed E-state index contributed by atoms with van der Waals surface area (Å²) in [5.74, 6) is -0.667. The van der Waals surface area contributed by atoms with Crippen LogP contribution in [0.1, 0.15) is 27.9 Å². The quantitative estimate of drug-likeness (QED) is 0.912. The Hall–Kier alpha value is -2.41. The first kappa shape index (κ1) is 17.4. The van der Waals surface area contributed by atoms with Gasteiger partial charge in [-0.15, -0.1) is 0 Å². The molecule has 0 aromatic heterocycles. The molecule has 0 unspecified atom stereocenters. The Morgan fingerprint density at radius 2 is 1.96 bits per heavy atom. The molecular weight excluding hydrogens is 343 g/mol. The molecule has 1 heterocycles. The Labute approximate surface area is 146 Å². The SMILES string of the molecule is Cc1cc(F)ccc1NC(=O)c1ccc2c(c1)CCCN2S(C)(=O)=O. The summed E-state index contributed by atoms with van der Waals surface area (Å²) in [6, 6.07) is 9.16. The second-order valence-corrected chi connectivity index (χ2v) is 8.10. The minimum Gasteiger partial charge on any atom is -0.322 e. The second-order valence-electron chi connectivity index (χ2n) is 6.20. The third kappa shape index (κ3) is 3.66. The molecule has 0 radical (unpaired) electrons. The van der Waals surface area contributed by atoms with Gasteiger partial charge in [-0.25, -0.2) is 12.8 Å². The number of halogens is 1. The number of anilines is 2. The zero-order valence-electron chi connectivity index (χ0n) is 14.0. The maximum Gasteiger partial charge on any atom is 0.255 e. The van der Waals surface area contributed by atoms with Gasteiger partial charge in [-0.2, -0.15) is 0 Å². The first-order valence-corrected chi connectivity index (χ1v) is 9.79. The van der Waals surface area contributed by atoms with Crippen LogP contribution in [0.3, 0.4) is 0 Å². The van der Waals surface area contributed by atoms with Crippen molar-refractivity contribution in [3.05, 3.63) is 58.9 Å². The molecule has 0 saturated carbocycles. The van der Waals surface area contributed by atoms with E-state index in [2.05, 4.69) is 5.32 Å². The van der Waals surface area contributed by atoms with Crippen LogP contribution in [0.15, 0.2) is 36.4 Å². The molecule has 0 aliphatic carbocycles. The fourth-order valence-corrected chi connectivity index (χ4v) is 4.01. The van der Waals surface area contributed by atoms with E-state index in [9.17, 15) is 17.6 Å². The molecule has 0 atom stereocenters. The third-order valence-corrected chi connectivity index (χ3v) is 5.43. The number of hydrogen-bond donors (Lipinski definition) is 1. The van der Waals surface area contributed by atoms with Crippen LogP contribution in [0.25, 0.3) is 0 Å². The van der Waals surface area contributed by atoms with Crippen LogP contribution in [-0.4, -0.2) is 27.1 Å². The summed E-state index contributed by atoms with van der Waals surface area (Å²) in [7, 11) is -3.33. The molecule has 7 heteroatoms. The van der Waals surface area contributed by atoms with Crippen molar-refractivity contribution in [3.63, 3.8) is 0 Å². The lowest BCUT2D eigenvalue weighted by Crippen LogP contribution is -2.34. The number of fused-ring (bicyclic) bond motifs is 1. The summed E-state index contributed by atoms with van der Waals surface area (Å²) in [5.41, 5.74) is 3.08. The predicted octanol–water partition coefficient (Wildman–Crippen LogP) is 3.10. The van der Waals surface area contributed by atoms with Gasteiger partial charge in [0.15, 0.2) is 0 Å². The van der Waals surface area contributed by atoms with E-state index < -0.39 is 10.0 Å². The number of sulfonamides is 1. The molecule has 1 aliphatic heterocycles. The lowest BCUT2D eigenvalue weighted by atomic mass is 10.0. The van der Waals surface area contributed by atoms with E-state index in [0.717, 1.165) is 12.0 Å². The topological polar surface area (TPSA) is 66.5 Å². The molecule has 2 aromatic rings. The standard InChI is InChI=1S/C18H19FN2O3S/c1-12-10-15(19)6-7-16(12)20-18(22)14-5-8-17-13(11-14)4-3-9-21(17)25(2,23)24/h5-8,10-11H,3-4,9H2,1-2H3,(H,20,22). The van der Waals surface area contributed by atoms with Crippen molar-refractivity contribution >= 4 is 27.3 Å². The van der Waals surface area contributed by atoms with Gasteiger partial charge in [-0.05, 0) is 67.3 Å². The number of amides is 1. The largest absolute Gasteiger partial charge is 0.322 e. The van der Waals surface area contributed by atoms with Crippen molar-refractivity contribution in [1.82, 2.24) is 0 Å². The minimum atomic E-state index is -3.33. The summed E-state index contributed by atoms with van der Waals surface area (Å²) >= 11 is 0. The molecule has 1 amide bonds. The highest BCUT2D eigenvalue weighted by Crippen LogP contribution is 2.30. The van der Waals surface area contributed by atoms with Gasteiger partial charge in [0.05, 0.1) is 11.9 Å². The number of carbonyl (C=O) groups is 1. The second kappa shape index (κ2) is 6.48. The lowest BCUT2D eigenvalue weighted by molar-refractivity contribution is 0.102. The molecular formula is C18H19FN2O3S. The van der Waals surface area contributed by atoms with Crippen LogP contribution in [0.4, 0.5) is 15.8 Å². The summed E-state index contributed by atoms with van der Waals surface area (Å²) in [5, 5.41) is 2.76. The highest BCUT2D eigenvalue weighted by Gasteiger charge is 2.24. The van der Waals surface area contributed by atoms with Crippen molar-refractivity contribution in [3.8, 4) is 0 Å². The average Bonchev–Trinajstić information content (AvgIpc) is 2.55. The summed E-state index contributed by atoms with van der Waals surface area (Å²) < 4.78 is 38.3. The Balaban J connectivity index is 1.88. The van der Waals surface area contributed by atoms with Gasteiger partial charge in [-0.1, -0.05) is 0 Å². The third-order valence-electron chi connectivity index (χ3n) is 4.25. The van der Waals surface area contributed by atoms with Crippen LogP contribution in [0.5, 0.6) is 0 Å². The van der Waals surface area contributed by atoms with E-state index in [4.69, 9.17) is 0 Å². The first-order chi connectivity index (χ1) is 11.8. The van der Waals surface area contributed by atoms with Gasteiger partial charge in [0.2, 0.25) is 10.0 Å². The molecule has 1 N–H and O–H groups in total. The maximum absolute atomic E-state index is 13.2. The minimum absolute atomic E-state index is 0.311. The van der Waals surface area contributed by atoms with Gasteiger partial charge in [0.25, 0.3) is 5.91 Å². The normalized spacial score (nSPS) is 14.1. The Morgan fingerprint density at radius 3 is 2.64 bits per heavy atom. The van der Waals surface area contributed by atoms with Crippen molar-refractivity contribution in [1.29, 1.82) is 0 Å². The number of benzene rings is 2. The molecule has 5 nitrogen and oxygen atoms in total. The first-order valence-electron chi connectivity index (χ1n) is 7.94. The number of aryl methyl sites for hydroxylation is 2. The Bertz CT molecular complexity index is 941. The molecule has 25 heavy (non-hydrogen) atoms. The predicted molar refractivity (Wildman–Crippen MR) is 96.0 cm³/mol. The molecule has 3 rings (SSSR count). The van der Waals surface area contributed by atoms with Gasteiger partial charge >= 0.3 is 0 Å². The smallest absolute Gasteiger partial charge is 0.255 e. The number of rotatable bonds is 3. The van der Waals surface area contributed by atoms with Crippen LogP contribution < -0.4 is 9.62 Å². The Morgan fingerprint density at radius 1 is 1.20 bits per heavy atom. The number of carbonyl (C=O) groups excluding carboxylic acids is 1. The highest BCUT2D eigenvalue weighted by atomic mass is 32.2. The summed E-state index contributed by atoms with van der Waals surface area (Å²) in [4.78, 5) is 12.5. The molecule has 0 fully saturated rings. The van der Waals surface area contributed by atoms with Crippen LogP contribution >= 0.6 is 0 Å². The van der Waals surface area contributed by atoms with E-state index in [-0.39, 0.29) is 11.7 Å². The zero-order valence-corrected chi connectivity index (χ0v) is 14.9. The maximum atomic E-state index is 13.2. The van der Waals surface area contributed by atoms with E-state index in [1.807, 2.05) is 0 Å². The van der Waals surface area contributed by atoms with Crippen LogP contribution in [0, 0.1) is 12.7 Å². The highest BCUT2D eigenvalue weighted by molar-refractivity contribution is 7.92. The van der Waals surface area contributed by atoms with Gasteiger partial charge in [0, 0.05) is 17.8 Å². The van der Waals surface area contributed by atoms with E-state index in [1.165, 1.54) is 28.8 Å². The fraction of sp³-hybridized carbons (Fsp3) is 0.278. The van der Waals surface area contributed by atoms with Gasteiger partial charge in [-0.3, -0.25) is 9.10 Å². The van der Waals surface area contributed by atoms with Gasteiger partial charge < -0.3 is 5.32 Å². The zero-order chi connectivity index (χ0) is 18.2. The number of nitrogens with zero attached hydrogens (tertiary/aromatic N) is 1. The molecule has 132 valence electrons. The molecule has 0 bridgehead atoms. The van der Waals surface area contributed by atoms with E-state index >= 15 is 0 Å². The lowest BCUT2D eigenvalue weighted by Gasteiger charge is -2.29. The van der Waals surface area contributed by atoms with Crippen molar-refractivity contribution in [2.24, 2.45) is 0 Å². The van der Waals surface area contributed by atoms with Crippen molar-refractivity contribution < 1.29 is 17.6 Å². The van der Waals surface area contributed by atoms with Crippen LogP contribution in [-0.2, 0) is 16.4 Å². The van der Waals surface area contributed by atoms with Gasteiger partial charge in [0.1, 0.15) is 5.82 Å². The molecule has 0 spiro atoms. The fourth-order valence-electron chi connectivity index (χ4n) is 3.01. The van der Waals surface area contributed by atoms with Crippen molar-refractivity contribution in [2.75, 3.05) is 22.4 Å². The Kier molecular flexibility index (Phi) is 4.51. The van der Waals surface area contributed by atoms with E-state index in [0.29, 0.717) is 35.5 Å². The number of hydrogen-bond acceptors (Lipinski definition) is 3. The monoisotopic (exact) mass is 362 g/mol. The van der Waals surface area contributed by atoms with Crippen molar-refractivity contribution in [2.45, 2.75) is 19.8 Å². The molecule has 2 aromatic carbocycles. The summed E-state index contributed by atoms with van der Waals surface area (Å²) in [6.07, 6.45) is 2.61. The van der Waals surface area contributed by atoms with E-state index in [1.54, 1.807) is 25.1 Å². The molecule has 0 saturated heterocycles. The number of nitrogens with one attached hydrogen (secondary N) is 1. The van der Waals surface area contributed by atoms with Crippen LogP contribution in [0.2, 0.25) is 0 Å².